The third kappa shape index (κ3) is 8.88. The second-order valence-corrected chi connectivity index (χ2v) is 9.94. The lowest BCUT2D eigenvalue weighted by Crippen LogP contribution is -2.48. The van der Waals surface area contributed by atoms with Crippen molar-refractivity contribution in [2.75, 3.05) is 13.2 Å². The molecule has 206 valence electrons. The van der Waals surface area contributed by atoms with Gasteiger partial charge >= 0.3 is 19.4 Å². The summed E-state index contributed by atoms with van der Waals surface area (Å²) >= 11 is 0. The van der Waals surface area contributed by atoms with Crippen molar-refractivity contribution in [3.63, 3.8) is 0 Å². The molecule has 0 amide bonds. The van der Waals surface area contributed by atoms with Crippen molar-refractivity contribution in [3.05, 3.63) is 63.4 Å². The Balaban J connectivity index is 2.31. The number of esters is 1. The lowest BCUT2D eigenvalue weighted by molar-refractivity contribution is -0.264. The number of halogens is 1. The Kier molecular flexibility index (Phi) is 10.7. The summed E-state index contributed by atoms with van der Waals surface area (Å²) in [5.74, 6) is -3.88. The first-order valence-corrected chi connectivity index (χ1v) is 12.8. The van der Waals surface area contributed by atoms with Crippen LogP contribution in [0.15, 0.2) is 52.2 Å². The number of para-hydroxylation sites is 1. The number of benzene rings is 1. The van der Waals surface area contributed by atoms with E-state index in [4.69, 9.17) is 18.5 Å². The number of aromatic amines is 1. The first-order valence-electron chi connectivity index (χ1n) is 11.2. The zero-order valence-corrected chi connectivity index (χ0v) is 21.6. The van der Waals surface area contributed by atoms with Gasteiger partial charge in [-0.25, -0.2) is 13.8 Å². The van der Waals surface area contributed by atoms with Crippen LogP contribution in [0.3, 0.4) is 0 Å². The number of ether oxygens (including phenoxy) is 2. The van der Waals surface area contributed by atoms with Gasteiger partial charge < -0.3 is 24.2 Å². The van der Waals surface area contributed by atoms with Gasteiger partial charge in [-0.15, -0.1) is 0 Å². The quantitative estimate of drug-likeness (QED) is 0.197. The molecule has 0 fully saturated rings. The number of nitrogens with zero attached hydrogens (tertiary/aromatic N) is 1. The number of rotatable bonds is 14. The molecule has 0 radical (unpaired) electrons. The average molecular weight is 547 g/mol. The molecule has 5 atom stereocenters. The van der Waals surface area contributed by atoms with Crippen molar-refractivity contribution in [2.24, 2.45) is 0 Å². The van der Waals surface area contributed by atoms with Crippen molar-refractivity contribution < 1.29 is 42.5 Å². The number of aliphatic hydroxyl groups excluding tert-OH is 2. The first kappa shape index (κ1) is 30.4. The summed E-state index contributed by atoms with van der Waals surface area (Å²) in [7, 11) is -4.53. The monoisotopic (exact) mass is 547 g/mol. The summed E-state index contributed by atoms with van der Waals surface area (Å²) < 4.78 is 50.9. The van der Waals surface area contributed by atoms with Gasteiger partial charge in [0.2, 0.25) is 0 Å². The maximum atomic E-state index is 15.8. The van der Waals surface area contributed by atoms with Gasteiger partial charge in [0.1, 0.15) is 24.5 Å². The molecule has 1 aromatic carbocycles. The maximum absolute atomic E-state index is 15.8. The van der Waals surface area contributed by atoms with Crippen LogP contribution in [0.25, 0.3) is 0 Å². The number of H-pyrrole nitrogens is 1. The number of aromatic nitrogens is 2. The fraction of sp³-hybridized carbons (Fsp3) is 0.500. The van der Waals surface area contributed by atoms with Crippen LogP contribution in [0, 0.1) is 0 Å². The fourth-order valence-electron chi connectivity index (χ4n) is 2.82. The third-order valence-electron chi connectivity index (χ3n) is 4.73. The van der Waals surface area contributed by atoms with E-state index in [1.54, 1.807) is 32.0 Å². The third-order valence-corrected chi connectivity index (χ3v) is 6.35. The molecular formula is C22H31FN3O10P. The Labute approximate surface area is 211 Å². The van der Waals surface area contributed by atoms with Crippen LogP contribution in [0.1, 0.15) is 33.9 Å². The summed E-state index contributed by atoms with van der Waals surface area (Å²) in [6.45, 7) is 3.37. The molecule has 37 heavy (non-hydrogen) atoms. The minimum atomic E-state index is -4.53. The zero-order valence-electron chi connectivity index (χ0n) is 20.7. The highest BCUT2D eigenvalue weighted by Gasteiger charge is 2.44. The lowest BCUT2D eigenvalue weighted by atomic mass is 10.2. The molecule has 0 spiro atoms. The molecule has 2 rings (SSSR count). The number of alkyl halides is 1. The minimum absolute atomic E-state index is 0.0539. The molecule has 15 heteroatoms. The number of aliphatic hydroxyl groups is 2. The topological polar surface area (TPSA) is 178 Å². The van der Waals surface area contributed by atoms with E-state index in [2.05, 4.69) is 5.09 Å². The second kappa shape index (κ2) is 13.1. The molecule has 13 nitrogen and oxygen atoms in total. The molecule has 0 aliphatic carbocycles. The number of carbonyl (C=O) groups is 1. The van der Waals surface area contributed by atoms with Crippen molar-refractivity contribution in [1.29, 1.82) is 0 Å². The van der Waals surface area contributed by atoms with E-state index in [1.807, 2.05) is 4.98 Å². The number of nitrogens with one attached hydrogen (secondary N) is 2. The Morgan fingerprint density at radius 1 is 1.19 bits per heavy atom. The molecule has 2 aromatic rings. The molecule has 1 aromatic heterocycles. The van der Waals surface area contributed by atoms with E-state index in [-0.39, 0.29) is 5.75 Å². The van der Waals surface area contributed by atoms with Crippen LogP contribution in [0.4, 0.5) is 4.39 Å². The van der Waals surface area contributed by atoms with Crippen molar-refractivity contribution in [2.45, 2.75) is 58.0 Å². The highest BCUT2D eigenvalue weighted by molar-refractivity contribution is 7.52. The Morgan fingerprint density at radius 2 is 1.84 bits per heavy atom. The van der Waals surface area contributed by atoms with Gasteiger partial charge in [-0.1, -0.05) is 18.2 Å². The largest absolute Gasteiger partial charge is 0.462 e. The lowest BCUT2D eigenvalue weighted by Gasteiger charge is -2.33. The normalized spacial score (nSPS) is 17.3. The summed E-state index contributed by atoms with van der Waals surface area (Å²) in [6.07, 6.45) is -3.16. The van der Waals surface area contributed by atoms with Crippen LogP contribution in [0.2, 0.25) is 0 Å². The van der Waals surface area contributed by atoms with Gasteiger partial charge in [0.15, 0.2) is 6.23 Å². The summed E-state index contributed by atoms with van der Waals surface area (Å²) in [6, 6.07) is 7.40. The summed E-state index contributed by atoms with van der Waals surface area (Å²) in [4.78, 5) is 37.5. The van der Waals surface area contributed by atoms with Gasteiger partial charge in [-0.05, 0) is 39.8 Å². The number of hydrogen-bond acceptors (Lipinski definition) is 10. The average Bonchev–Trinajstić information content (AvgIpc) is 2.81. The van der Waals surface area contributed by atoms with Crippen molar-refractivity contribution in [1.82, 2.24) is 14.6 Å². The maximum Gasteiger partial charge on any atom is 0.459 e. The SMILES string of the molecule is CC(C)OC(=O)[C@H](C)NP(=O)(OC[C@@](F)(O[C@H](CO)n1ccc(=O)[nH]c1=O)[C@H](C)O)Oc1ccccc1. The Morgan fingerprint density at radius 3 is 2.38 bits per heavy atom. The number of hydrogen-bond donors (Lipinski definition) is 4. The summed E-state index contributed by atoms with van der Waals surface area (Å²) in [5, 5.41) is 22.1. The molecule has 4 N–H and O–H groups in total. The Hall–Kier alpha value is -2.87. The minimum Gasteiger partial charge on any atom is -0.462 e. The van der Waals surface area contributed by atoms with Gasteiger partial charge in [0.05, 0.1) is 12.7 Å². The second-order valence-electron chi connectivity index (χ2n) is 8.25. The molecule has 0 saturated heterocycles. The first-order chi connectivity index (χ1) is 17.3. The van der Waals surface area contributed by atoms with Crippen molar-refractivity contribution in [3.8, 4) is 5.75 Å². The predicted octanol–water partition coefficient (Wildman–Crippen LogP) is 1.22. The van der Waals surface area contributed by atoms with Crippen LogP contribution in [-0.2, 0) is 23.4 Å². The van der Waals surface area contributed by atoms with Crippen LogP contribution < -0.4 is 20.9 Å². The molecule has 1 heterocycles. The van der Waals surface area contributed by atoms with E-state index >= 15 is 4.39 Å². The summed E-state index contributed by atoms with van der Waals surface area (Å²) in [5.41, 5.74) is -1.75. The van der Waals surface area contributed by atoms with Gasteiger partial charge in [-0.3, -0.25) is 23.7 Å². The highest BCUT2D eigenvalue weighted by Crippen LogP contribution is 2.46. The predicted molar refractivity (Wildman–Crippen MR) is 129 cm³/mol. The van der Waals surface area contributed by atoms with Crippen LogP contribution in [0.5, 0.6) is 5.75 Å². The van der Waals surface area contributed by atoms with E-state index < -0.39 is 68.5 Å². The van der Waals surface area contributed by atoms with Gasteiger partial charge in [-0.2, -0.15) is 5.09 Å². The van der Waals surface area contributed by atoms with E-state index in [9.17, 15) is 29.2 Å². The Bertz CT molecular complexity index is 1190. The molecule has 0 bridgehead atoms. The van der Waals surface area contributed by atoms with Gasteiger partial charge in [0.25, 0.3) is 11.4 Å². The molecular weight excluding hydrogens is 516 g/mol. The molecule has 0 saturated carbocycles. The standard InChI is InChI=1S/C22H31FN3O10P/c1-14(2)34-20(30)15(3)25-37(32,36-17-8-6-5-7-9-17)33-13-22(23,16(4)28)35-19(12-27)26-11-10-18(29)24-21(26)31/h5-11,14-16,19,27-28H,12-13H2,1-4H3,(H,25,32)(H,24,29,31)/t15-,16-,19+,22+,37?/m0/s1. The molecule has 0 aliphatic heterocycles. The zero-order chi connectivity index (χ0) is 27.8. The van der Waals surface area contributed by atoms with E-state index in [0.29, 0.717) is 4.57 Å². The number of carbonyl (C=O) groups excluding carboxylic acids is 1. The highest BCUT2D eigenvalue weighted by atomic mass is 31.2. The van der Waals surface area contributed by atoms with E-state index in [1.165, 1.54) is 19.1 Å². The fourth-order valence-corrected chi connectivity index (χ4v) is 4.33. The van der Waals surface area contributed by atoms with Crippen molar-refractivity contribution >= 4 is 13.7 Å². The van der Waals surface area contributed by atoms with Crippen LogP contribution >= 0.6 is 7.75 Å². The molecule has 1 unspecified atom stereocenters. The van der Waals surface area contributed by atoms with Gasteiger partial charge in [0, 0.05) is 12.3 Å². The van der Waals surface area contributed by atoms with Crippen LogP contribution in [-0.4, -0.2) is 63.1 Å². The smallest absolute Gasteiger partial charge is 0.459 e. The van der Waals surface area contributed by atoms with E-state index in [0.717, 1.165) is 19.2 Å². The molecule has 0 aliphatic rings.